The molecule has 0 spiro atoms. The Morgan fingerprint density at radius 3 is 2.17 bits per heavy atom. The van der Waals surface area contributed by atoms with Crippen LogP contribution in [0.2, 0.25) is 0 Å². The minimum absolute atomic E-state index is 0.0456. The van der Waals surface area contributed by atoms with Crippen molar-refractivity contribution in [2.45, 2.75) is 19.4 Å². The monoisotopic (exact) mass is 478 g/mol. The highest BCUT2D eigenvalue weighted by atomic mass is 16.5. The highest BCUT2D eigenvalue weighted by Gasteiger charge is 2.39. The van der Waals surface area contributed by atoms with Crippen LogP contribution in [0.25, 0.3) is 6.08 Å². The number of ketones is 2. The first-order valence-electron chi connectivity index (χ1n) is 12.0. The van der Waals surface area contributed by atoms with Crippen LogP contribution in [0.5, 0.6) is 5.75 Å². The third-order valence-electron chi connectivity index (χ3n) is 6.13. The molecule has 4 rings (SSSR count). The maximum Gasteiger partial charge on any atom is 0.196 e. The number of aliphatic hydroxyl groups excluding tert-OH is 1. The van der Waals surface area contributed by atoms with Crippen molar-refractivity contribution < 1.29 is 19.4 Å². The van der Waals surface area contributed by atoms with Gasteiger partial charge in [-0.1, -0.05) is 24.3 Å². The van der Waals surface area contributed by atoms with Crippen molar-refractivity contribution in [3.05, 3.63) is 58.2 Å². The summed E-state index contributed by atoms with van der Waals surface area (Å²) >= 11 is 0. The lowest BCUT2D eigenvalue weighted by atomic mass is 9.80. The molecule has 0 radical (unpaired) electrons. The van der Waals surface area contributed by atoms with Gasteiger partial charge in [0, 0.05) is 49.4 Å². The number of carbonyl (C=O) groups excluding carboxylic acids is 2. The molecule has 0 atom stereocenters. The second-order valence-electron chi connectivity index (χ2n) is 9.62. The van der Waals surface area contributed by atoms with Gasteiger partial charge in [0.2, 0.25) is 0 Å². The van der Waals surface area contributed by atoms with Crippen LogP contribution in [0.1, 0.15) is 51.3 Å². The smallest absolute Gasteiger partial charge is 0.196 e. The van der Waals surface area contributed by atoms with Gasteiger partial charge in [-0.3, -0.25) is 9.59 Å². The van der Waals surface area contributed by atoms with Crippen molar-refractivity contribution in [2.75, 3.05) is 64.1 Å². The Morgan fingerprint density at radius 2 is 1.54 bits per heavy atom. The number of ether oxygens (including phenoxy) is 1. The molecule has 0 amide bonds. The maximum absolute atomic E-state index is 13.8. The molecule has 8 heteroatoms. The summed E-state index contributed by atoms with van der Waals surface area (Å²) < 4.78 is 6.41. The van der Waals surface area contributed by atoms with Crippen LogP contribution in [0, 0.1) is 0 Å². The Morgan fingerprint density at radius 1 is 0.914 bits per heavy atom. The van der Waals surface area contributed by atoms with Gasteiger partial charge in [0.15, 0.2) is 17.3 Å². The van der Waals surface area contributed by atoms with Crippen LogP contribution in [0.3, 0.4) is 0 Å². The molecule has 0 fully saturated rings. The summed E-state index contributed by atoms with van der Waals surface area (Å²) in [5.74, 6) is 0.187. The van der Waals surface area contributed by atoms with Crippen LogP contribution in [-0.4, -0.2) is 80.6 Å². The quantitative estimate of drug-likeness (QED) is 0.261. The zero-order valence-corrected chi connectivity index (χ0v) is 20.8. The van der Waals surface area contributed by atoms with E-state index in [2.05, 4.69) is 20.9 Å². The molecule has 4 N–H and O–H groups in total. The standard InChI is InChI=1S/C27H34N4O4/c1-27(2)10-9-19-22(30-13-15-31(3)4)20-21(23(26(19)35-27)29-12-11-28-14-16-32)25(34)18-8-6-5-7-17(18)24(20)33/h5-10,28-30,32H,11-16H2,1-4H3. The summed E-state index contributed by atoms with van der Waals surface area (Å²) in [6, 6.07) is 6.97. The second kappa shape index (κ2) is 10.2. The normalized spacial score (nSPS) is 15.4. The predicted octanol–water partition coefficient (Wildman–Crippen LogP) is 2.61. The molecule has 35 heavy (non-hydrogen) atoms. The van der Waals surface area contributed by atoms with E-state index in [1.54, 1.807) is 24.3 Å². The number of aliphatic hydroxyl groups is 1. The van der Waals surface area contributed by atoms with Crippen LogP contribution in [0.15, 0.2) is 30.3 Å². The summed E-state index contributed by atoms with van der Waals surface area (Å²) in [5, 5.41) is 19.0. The average molecular weight is 479 g/mol. The maximum atomic E-state index is 13.8. The lowest BCUT2D eigenvalue weighted by molar-refractivity contribution is 0.0979. The van der Waals surface area contributed by atoms with E-state index < -0.39 is 5.60 Å². The number of nitrogens with zero attached hydrogens (tertiary/aromatic N) is 1. The largest absolute Gasteiger partial charge is 0.481 e. The zero-order chi connectivity index (χ0) is 25.2. The van der Waals surface area contributed by atoms with Gasteiger partial charge in [-0.15, -0.1) is 0 Å². The first kappa shape index (κ1) is 24.9. The molecule has 0 bridgehead atoms. The summed E-state index contributed by atoms with van der Waals surface area (Å²) in [6.45, 7) is 6.86. The SMILES string of the molecule is CN(C)CCNc1c2c(c(NCCNCCO)c3c1C(=O)c1ccccc1C3=O)OC(C)(C)C=C2. The third-order valence-corrected chi connectivity index (χ3v) is 6.13. The minimum atomic E-state index is -0.576. The van der Waals surface area contributed by atoms with Gasteiger partial charge in [0.25, 0.3) is 0 Å². The zero-order valence-electron chi connectivity index (χ0n) is 20.8. The molecule has 1 aliphatic carbocycles. The van der Waals surface area contributed by atoms with Crippen molar-refractivity contribution in [3.8, 4) is 5.75 Å². The van der Waals surface area contributed by atoms with E-state index in [9.17, 15) is 9.59 Å². The van der Waals surface area contributed by atoms with Crippen molar-refractivity contribution in [2.24, 2.45) is 0 Å². The number of nitrogens with one attached hydrogen (secondary N) is 3. The fourth-order valence-electron chi connectivity index (χ4n) is 4.43. The van der Waals surface area contributed by atoms with Crippen molar-refractivity contribution >= 4 is 29.0 Å². The van der Waals surface area contributed by atoms with E-state index in [0.29, 0.717) is 65.6 Å². The number of hydrogen-bond acceptors (Lipinski definition) is 8. The Balaban J connectivity index is 1.90. The van der Waals surface area contributed by atoms with E-state index in [0.717, 1.165) is 12.1 Å². The van der Waals surface area contributed by atoms with Gasteiger partial charge < -0.3 is 30.7 Å². The fourth-order valence-corrected chi connectivity index (χ4v) is 4.43. The number of anilines is 2. The molecule has 0 saturated heterocycles. The molecule has 2 aliphatic rings. The van der Waals surface area contributed by atoms with Crippen molar-refractivity contribution in [1.82, 2.24) is 10.2 Å². The lowest BCUT2D eigenvalue weighted by Crippen LogP contribution is -2.33. The Labute approximate surface area is 206 Å². The molecule has 0 aromatic heterocycles. The van der Waals surface area contributed by atoms with E-state index in [-0.39, 0.29) is 18.2 Å². The van der Waals surface area contributed by atoms with Crippen LogP contribution < -0.4 is 20.7 Å². The third kappa shape index (κ3) is 4.96. The minimum Gasteiger partial charge on any atom is -0.481 e. The van der Waals surface area contributed by atoms with Crippen LogP contribution in [-0.2, 0) is 0 Å². The lowest BCUT2D eigenvalue weighted by Gasteiger charge is -2.34. The molecule has 1 heterocycles. The van der Waals surface area contributed by atoms with Gasteiger partial charge in [0.1, 0.15) is 5.60 Å². The highest BCUT2D eigenvalue weighted by molar-refractivity contribution is 6.33. The number of likely N-dealkylation sites (N-methyl/N-ethyl adjacent to an activating group) is 1. The van der Waals surface area contributed by atoms with Crippen molar-refractivity contribution in [1.29, 1.82) is 0 Å². The first-order chi connectivity index (χ1) is 16.7. The first-order valence-corrected chi connectivity index (χ1v) is 12.0. The summed E-state index contributed by atoms with van der Waals surface area (Å²) in [6.07, 6.45) is 3.94. The highest BCUT2D eigenvalue weighted by Crippen LogP contribution is 2.49. The second-order valence-corrected chi connectivity index (χ2v) is 9.62. The topological polar surface area (TPSA) is 103 Å². The van der Waals surface area contributed by atoms with E-state index in [4.69, 9.17) is 9.84 Å². The fraction of sp³-hybridized carbons (Fsp3) is 0.407. The van der Waals surface area contributed by atoms with Crippen molar-refractivity contribution in [3.63, 3.8) is 0 Å². The molecular weight excluding hydrogens is 444 g/mol. The van der Waals surface area contributed by atoms with E-state index in [1.807, 2.05) is 40.1 Å². The van der Waals surface area contributed by atoms with Gasteiger partial charge in [0.05, 0.1) is 29.1 Å². The number of carbonyl (C=O) groups is 2. The molecule has 0 saturated carbocycles. The van der Waals surface area contributed by atoms with Crippen LogP contribution in [0.4, 0.5) is 11.4 Å². The summed E-state index contributed by atoms with van der Waals surface area (Å²) in [5.41, 5.74) is 2.87. The van der Waals surface area contributed by atoms with E-state index >= 15 is 0 Å². The Kier molecular flexibility index (Phi) is 7.25. The number of hydrogen-bond donors (Lipinski definition) is 4. The Hall–Kier alpha value is -3.20. The molecule has 8 nitrogen and oxygen atoms in total. The number of benzene rings is 2. The van der Waals surface area contributed by atoms with Gasteiger partial charge in [-0.2, -0.15) is 0 Å². The molecule has 0 unspecified atom stereocenters. The summed E-state index contributed by atoms with van der Waals surface area (Å²) in [7, 11) is 3.97. The van der Waals surface area contributed by atoms with Crippen LogP contribution >= 0.6 is 0 Å². The summed E-state index contributed by atoms with van der Waals surface area (Å²) in [4.78, 5) is 29.7. The predicted molar refractivity (Wildman–Crippen MR) is 139 cm³/mol. The number of rotatable bonds is 10. The van der Waals surface area contributed by atoms with Gasteiger partial charge in [-0.25, -0.2) is 0 Å². The Bertz CT molecular complexity index is 1170. The molecular formula is C27H34N4O4. The number of fused-ring (bicyclic) bond motifs is 3. The molecule has 1 aliphatic heterocycles. The van der Waals surface area contributed by atoms with Gasteiger partial charge in [-0.05, 0) is 40.1 Å². The van der Waals surface area contributed by atoms with Gasteiger partial charge >= 0.3 is 0 Å². The average Bonchev–Trinajstić information content (AvgIpc) is 2.82. The molecule has 186 valence electrons. The molecule has 2 aromatic carbocycles. The molecule has 2 aromatic rings. The van der Waals surface area contributed by atoms with E-state index in [1.165, 1.54) is 0 Å².